The predicted octanol–water partition coefficient (Wildman–Crippen LogP) is 3.94. The topological polar surface area (TPSA) is 86.7 Å². The summed E-state index contributed by atoms with van der Waals surface area (Å²) in [6.45, 7) is 2.53. The first-order valence-corrected chi connectivity index (χ1v) is 11.4. The minimum atomic E-state index is -1.05. The van der Waals surface area contributed by atoms with Crippen LogP contribution in [0.1, 0.15) is 51.0 Å². The van der Waals surface area contributed by atoms with Gasteiger partial charge in [-0.3, -0.25) is 4.79 Å². The third-order valence-electron chi connectivity index (χ3n) is 5.36. The summed E-state index contributed by atoms with van der Waals surface area (Å²) in [7, 11) is 0. The van der Waals surface area contributed by atoms with E-state index in [4.69, 9.17) is 0 Å². The fraction of sp³-hybridized carbons (Fsp3) is 0.591. The van der Waals surface area contributed by atoms with Gasteiger partial charge in [0.15, 0.2) is 5.12 Å². The Bertz CT molecular complexity index is 662. The maximum Gasteiger partial charge on any atom is 0.326 e. The molecule has 0 aliphatic heterocycles. The zero-order valence-electron chi connectivity index (χ0n) is 17.1. The molecule has 0 unspecified atom stereocenters. The molecular weight excluding hydrogens is 388 g/mol. The number of carbonyl (C=O) groups is 3. The number of aliphatic carboxylic acids is 1. The number of amides is 2. The second kappa shape index (κ2) is 12.5. The summed E-state index contributed by atoms with van der Waals surface area (Å²) < 4.78 is 0. The molecule has 0 saturated heterocycles. The average molecular weight is 421 g/mol. The van der Waals surface area contributed by atoms with Crippen LogP contribution >= 0.6 is 11.8 Å². The first-order chi connectivity index (χ1) is 14.0. The van der Waals surface area contributed by atoms with Crippen molar-refractivity contribution in [3.05, 3.63) is 35.9 Å². The van der Waals surface area contributed by atoms with Crippen molar-refractivity contribution < 1.29 is 19.5 Å². The summed E-state index contributed by atoms with van der Waals surface area (Å²) in [5.41, 5.74) is 0.862. The van der Waals surface area contributed by atoms with E-state index >= 15 is 0 Å². The number of carboxylic acids is 1. The van der Waals surface area contributed by atoms with E-state index in [0.29, 0.717) is 24.8 Å². The molecule has 1 aliphatic carbocycles. The smallest absolute Gasteiger partial charge is 0.326 e. The van der Waals surface area contributed by atoms with Gasteiger partial charge in [0, 0.05) is 32.2 Å². The molecule has 1 aromatic rings. The van der Waals surface area contributed by atoms with Crippen LogP contribution in [0, 0.1) is 5.92 Å². The second-order valence-electron chi connectivity index (χ2n) is 7.65. The van der Waals surface area contributed by atoms with Crippen molar-refractivity contribution in [1.82, 2.24) is 10.2 Å². The summed E-state index contributed by atoms with van der Waals surface area (Å²) in [6, 6.07) is 7.93. The number of hydrogen-bond acceptors (Lipinski definition) is 4. The van der Waals surface area contributed by atoms with Gasteiger partial charge in [-0.15, -0.1) is 0 Å². The Balaban J connectivity index is 1.96. The van der Waals surface area contributed by atoms with Crippen molar-refractivity contribution in [2.45, 2.75) is 57.9 Å². The first-order valence-electron chi connectivity index (χ1n) is 10.4. The Labute approximate surface area is 177 Å². The van der Waals surface area contributed by atoms with Gasteiger partial charge in [-0.25, -0.2) is 9.59 Å². The number of rotatable bonds is 10. The van der Waals surface area contributed by atoms with E-state index < -0.39 is 12.0 Å². The van der Waals surface area contributed by atoms with Gasteiger partial charge >= 0.3 is 12.0 Å². The fourth-order valence-corrected chi connectivity index (χ4v) is 4.32. The molecule has 0 bridgehead atoms. The van der Waals surface area contributed by atoms with E-state index in [-0.39, 0.29) is 17.6 Å². The van der Waals surface area contributed by atoms with E-state index in [1.165, 1.54) is 50.8 Å². The summed E-state index contributed by atoms with van der Waals surface area (Å²) in [5.74, 6) is 0.0933. The van der Waals surface area contributed by atoms with Crippen molar-refractivity contribution in [3.63, 3.8) is 0 Å². The van der Waals surface area contributed by atoms with Gasteiger partial charge in [-0.05, 0) is 17.9 Å². The molecule has 1 atom stereocenters. The van der Waals surface area contributed by atoms with Crippen LogP contribution in [0.4, 0.5) is 4.79 Å². The van der Waals surface area contributed by atoms with Gasteiger partial charge in [-0.1, -0.05) is 74.2 Å². The van der Waals surface area contributed by atoms with Gasteiger partial charge < -0.3 is 15.3 Å². The van der Waals surface area contributed by atoms with E-state index in [0.717, 1.165) is 12.0 Å². The normalized spacial score (nSPS) is 15.5. The number of hydrogen-bond donors (Lipinski definition) is 2. The second-order valence-corrected chi connectivity index (χ2v) is 8.92. The van der Waals surface area contributed by atoms with Crippen molar-refractivity contribution in [2.24, 2.45) is 5.92 Å². The van der Waals surface area contributed by atoms with Crippen LogP contribution in [0.2, 0.25) is 0 Å². The highest BCUT2D eigenvalue weighted by Gasteiger charge is 2.24. The zero-order valence-corrected chi connectivity index (χ0v) is 18.0. The quantitative estimate of drug-likeness (QED) is 0.599. The third-order valence-corrected chi connectivity index (χ3v) is 6.16. The molecule has 2 N–H and O–H groups in total. The molecule has 0 radical (unpaired) electrons. The Kier molecular flexibility index (Phi) is 10.0. The van der Waals surface area contributed by atoms with Crippen LogP contribution in [-0.4, -0.2) is 52.0 Å². The summed E-state index contributed by atoms with van der Waals surface area (Å²) in [5, 5.41) is 12.3. The molecule has 1 fully saturated rings. The molecule has 7 heteroatoms. The molecule has 1 aromatic carbocycles. The van der Waals surface area contributed by atoms with E-state index in [2.05, 4.69) is 5.32 Å². The maximum absolute atomic E-state index is 12.9. The lowest BCUT2D eigenvalue weighted by atomic mass is 9.87. The molecule has 160 valence electrons. The van der Waals surface area contributed by atoms with Gasteiger partial charge in [0.25, 0.3) is 0 Å². The highest BCUT2D eigenvalue weighted by atomic mass is 32.2. The monoisotopic (exact) mass is 420 g/mol. The van der Waals surface area contributed by atoms with Crippen LogP contribution < -0.4 is 5.32 Å². The van der Waals surface area contributed by atoms with Gasteiger partial charge in [-0.2, -0.15) is 0 Å². The number of carbonyl (C=O) groups excluding carboxylic acids is 2. The van der Waals surface area contributed by atoms with Crippen molar-refractivity contribution in [2.75, 3.05) is 18.8 Å². The number of nitrogens with zero attached hydrogens (tertiary/aromatic N) is 1. The number of carboxylic acid groups (broad SMARTS) is 1. The SMILES string of the molecule is CC(=O)SCCN(CCC1CCCCC1)C(=O)N[C@@H](Cc1ccccc1)C(=O)O. The summed E-state index contributed by atoms with van der Waals surface area (Å²) in [6.07, 6.45) is 7.34. The number of nitrogens with one attached hydrogen (secondary N) is 1. The lowest BCUT2D eigenvalue weighted by Crippen LogP contribution is -2.50. The largest absolute Gasteiger partial charge is 0.480 e. The van der Waals surface area contributed by atoms with Gasteiger partial charge in [0.1, 0.15) is 6.04 Å². The lowest BCUT2D eigenvalue weighted by Gasteiger charge is -2.28. The molecule has 1 aliphatic rings. The number of benzene rings is 1. The predicted molar refractivity (Wildman–Crippen MR) is 116 cm³/mol. The van der Waals surface area contributed by atoms with Crippen LogP contribution in [-0.2, 0) is 16.0 Å². The molecule has 1 saturated carbocycles. The van der Waals surface area contributed by atoms with Gasteiger partial charge in [0.05, 0.1) is 0 Å². The molecule has 2 rings (SSSR count). The number of urea groups is 1. The highest BCUT2D eigenvalue weighted by Crippen LogP contribution is 2.26. The summed E-state index contributed by atoms with van der Waals surface area (Å²) in [4.78, 5) is 37.5. The fourth-order valence-electron chi connectivity index (χ4n) is 3.72. The Morgan fingerprint density at radius 2 is 1.83 bits per heavy atom. The highest BCUT2D eigenvalue weighted by molar-refractivity contribution is 8.13. The molecule has 0 heterocycles. The minimum absolute atomic E-state index is 0.0186. The Hall–Kier alpha value is -2.02. The average Bonchev–Trinajstić information content (AvgIpc) is 2.71. The van der Waals surface area contributed by atoms with E-state index in [9.17, 15) is 19.5 Å². The molecule has 29 heavy (non-hydrogen) atoms. The van der Waals surface area contributed by atoms with E-state index in [1.54, 1.807) is 4.90 Å². The number of thioether (sulfide) groups is 1. The molecule has 2 amide bonds. The molecule has 6 nitrogen and oxygen atoms in total. The van der Waals surface area contributed by atoms with Crippen LogP contribution in [0.25, 0.3) is 0 Å². The van der Waals surface area contributed by atoms with Gasteiger partial charge in [0.2, 0.25) is 0 Å². The van der Waals surface area contributed by atoms with Crippen molar-refractivity contribution in [3.8, 4) is 0 Å². The molecular formula is C22H32N2O4S. The minimum Gasteiger partial charge on any atom is -0.480 e. The molecule has 0 aromatic heterocycles. The summed E-state index contributed by atoms with van der Waals surface area (Å²) >= 11 is 1.19. The maximum atomic E-state index is 12.9. The lowest BCUT2D eigenvalue weighted by molar-refractivity contribution is -0.139. The molecule has 0 spiro atoms. The first kappa shape index (κ1) is 23.3. The van der Waals surface area contributed by atoms with Crippen molar-refractivity contribution >= 4 is 28.9 Å². The third kappa shape index (κ3) is 8.90. The Morgan fingerprint density at radius 1 is 1.14 bits per heavy atom. The van der Waals surface area contributed by atoms with Crippen molar-refractivity contribution in [1.29, 1.82) is 0 Å². The zero-order chi connectivity index (χ0) is 21.1. The Morgan fingerprint density at radius 3 is 2.45 bits per heavy atom. The van der Waals surface area contributed by atoms with E-state index in [1.807, 2.05) is 30.3 Å². The van der Waals surface area contributed by atoms with Crippen LogP contribution in [0.3, 0.4) is 0 Å². The van der Waals surface area contributed by atoms with Crippen LogP contribution in [0.15, 0.2) is 30.3 Å². The van der Waals surface area contributed by atoms with Crippen LogP contribution in [0.5, 0.6) is 0 Å². The standard InChI is InChI=1S/C22H32N2O4S/c1-17(25)29-15-14-24(13-12-18-8-4-2-5-9-18)22(28)23-20(21(26)27)16-19-10-6-3-7-11-19/h3,6-7,10-11,18,20H,2,4-5,8-9,12-16H2,1H3,(H,23,28)(H,26,27)/t20-/m0/s1.